The first-order valence-corrected chi connectivity index (χ1v) is 10.1. The molecule has 156 valence electrons. The standard InChI is InChI=1S/C24H22N4O3/c1-30-19-8-6-16(7-9-19)15-31-20-11-17(13-25)10-18(12-20)27-24-26-14-21-22(28-24)4-2-3-5-23(21)29/h6-12,14H,2-5,15H2,1H3,(H,26,27,28). The van der Waals surface area contributed by atoms with E-state index < -0.39 is 0 Å². The average molecular weight is 414 g/mol. The van der Waals surface area contributed by atoms with E-state index in [0.29, 0.717) is 41.5 Å². The van der Waals surface area contributed by atoms with E-state index in [0.717, 1.165) is 36.3 Å². The van der Waals surface area contributed by atoms with Crippen LogP contribution in [0.5, 0.6) is 11.5 Å². The van der Waals surface area contributed by atoms with Crippen molar-refractivity contribution in [3.8, 4) is 17.6 Å². The number of carbonyl (C=O) groups is 1. The van der Waals surface area contributed by atoms with Gasteiger partial charge in [0.25, 0.3) is 0 Å². The Bertz CT molecular complexity index is 1140. The fraction of sp³-hybridized carbons (Fsp3) is 0.250. The Morgan fingerprint density at radius 2 is 1.90 bits per heavy atom. The van der Waals surface area contributed by atoms with Crippen molar-refractivity contribution in [3.63, 3.8) is 0 Å². The maximum Gasteiger partial charge on any atom is 0.227 e. The molecule has 1 N–H and O–H groups in total. The summed E-state index contributed by atoms with van der Waals surface area (Å²) in [7, 11) is 1.62. The van der Waals surface area contributed by atoms with Crippen LogP contribution in [0.25, 0.3) is 0 Å². The summed E-state index contributed by atoms with van der Waals surface area (Å²) in [6, 6.07) is 14.9. The molecule has 0 atom stereocenters. The van der Waals surface area contributed by atoms with E-state index >= 15 is 0 Å². The quantitative estimate of drug-likeness (QED) is 0.589. The van der Waals surface area contributed by atoms with Crippen molar-refractivity contribution >= 4 is 17.4 Å². The van der Waals surface area contributed by atoms with Gasteiger partial charge in [-0.15, -0.1) is 0 Å². The van der Waals surface area contributed by atoms with Gasteiger partial charge in [-0.3, -0.25) is 4.79 Å². The highest BCUT2D eigenvalue weighted by Crippen LogP contribution is 2.25. The van der Waals surface area contributed by atoms with Crippen LogP contribution in [-0.4, -0.2) is 22.9 Å². The minimum Gasteiger partial charge on any atom is -0.497 e. The van der Waals surface area contributed by atoms with Crippen molar-refractivity contribution < 1.29 is 14.3 Å². The van der Waals surface area contributed by atoms with Gasteiger partial charge < -0.3 is 14.8 Å². The number of nitrogens with one attached hydrogen (secondary N) is 1. The smallest absolute Gasteiger partial charge is 0.227 e. The number of methoxy groups -OCH3 is 1. The highest BCUT2D eigenvalue weighted by Gasteiger charge is 2.18. The molecule has 0 aliphatic heterocycles. The van der Waals surface area contributed by atoms with E-state index in [1.165, 1.54) is 0 Å². The molecule has 4 rings (SSSR count). The molecule has 0 fully saturated rings. The van der Waals surface area contributed by atoms with Crippen molar-refractivity contribution in [1.82, 2.24) is 9.97 Å². The first kappa shape index (κ1) is 20.4. The number of nitriles is 1. The number of fused-ring (bicyclic) bond motifs is 1. The summed E-state index contributed by atoms with van der Waals surface area (Å²) in [4.78, 5) is 21.0. The third-order valence-electron chi connectivity index (χ3n) is 5.09. The molecule has 0 saturated carbocycles. The minimum absolute atomic E-state index is 0.0970. The number of benzene rings is 2. The summed E-state index contributed by atoms with van der Waals surface area (Å²) in [6.07, 6.45) is 4.70. The largest absolute Gasteiger partial charge is 0.497 e. The number of hydrogen-bond acceptors (Lipinski definition) is 7. The molecule has 0 amide bonds. The highest BCUT2D eigenvalue weighted by molar-refractivity contribution is 5.97. The third-order valence-corrected chi connectivity index (χ3v) is 5.09. The maximum absolute atomic E-state index is 12.2. The molecule has 1 heterocycles. The molecule has 0 bridgehead atoms. The summed E-state index contributed by atoms with van der Waals surface area (Å²) >= 11 is 0. The van der Waals surface area contributed by atoms with Crippen molar-refractivity contribution in [2.75, 3.05) is 12.4 Å². The van der Waals surface area contributed by atoms with Gasteiger partial charge in [-0.2, -0.15) is 5.26 Å². The van der Waals surface area contributed by atoms with Crippen molar-refractivity contribution in [3.05, 3.63) is 71.0 Å². The Balaban J connectivity index is 1.51. The Hall–Kier alpha value is -3.92. The van der Waals surface area contributed by atoms with E-state index in [4.69, 9.17) is 9.47 Å². The molecule has 0 unspecified atom stereocenters. The average Bonchev–Trinajstić information content (AvgIpc) is 2.98. The lowest BCUT2D eigenvalue weighted by molar-refractivity contribution is 0.0981. The maximum atomic E-state index is 12.2. The predicted octanol–water partition coefficient (Wildman–Crippen LogP) is 4.59. The number of anilines is 2. The zero-order valence-corrected chi connectivity index (χ0v) is 17.2. The van der Waals surface area contributed by atoms with Gasteiger partial charge in [0.2, 0.25) is 5.95 Å². The molecule has 0 spiro atoms. The first-order valence-electron chi connectivity index (χ1n) is 10.1. The van der Waals surface area contributed by atoms with E-state index in [1.807, 2.05) is 24.3 Å². The molecule has 2 aromatic carbocycles. The SMILES string of the molecule is COc1ccc(COc2cc(C#N)cc(Nc3ncc4c(n3)CCCCC4=O)c2)cc1. The van der Waals surface area contributed by atoms with Gasteiger partial charge in [-0.05, 0) is 49.1 Å². The highest BCUT2D eigenvalue weighted by atomic mass is 16.5. The van der Waals surface area contributed by atoms with Crippen molar-refractivity contribution in [2.24, 2.45) is 0 Å². The monoisotopic (exact) mass is 414 g/mol. The van der Waals surface area contributed by atoms with Crippen LogP contribution in [0, 0.1) is 11.3 Å². The number of carbonyl (C=O) groups excluding carboxylic acids is 1. The molecular formula is C24H22N4O3. The van der Waals surface area contributed by atoms with Crippen LogP contribution in [0.4, 0.5) is 11.6 Å². The Morgan fingerprint density at radius 3 is 2.68 bits per heavy atom. The van der Waals surface area contributed by atoms with Gasteiger partial charge in [-0.1, -0.05) is 12.1 Å². The van der Waals surface area contributed by atoms with E-state index in [-0.39, 0.29) is 5.78 Å². The van der Waals surface area contributed by atoms with Crippen LogP contribution in [0.2, 0.25) is 0 Å². The van der Waals surface area contributed by atoms with Crippen LogP contribution in [0.3, 0.4) is 0 Å². The second-order valence-electron chi connectivity index (χ2n) is 7.30. The lowest BCUT2D eigenvalue weighted by Crippen LogP contribution is -2.07. The number of ether oxygens (including phenoxy) is 2. The minimum atomic E-state index is 0.0970. The van der Waals surface area contributed by atoms with Crippen molar-refractivity contribution in [1.29, 1.82) is 5.26 Å². The molecule has 7 nitrogen and oxygen atoms in total. The number of nitrogens with zero attached hydrogens (tertiary/aromatic N) is 3. The van der Waals surface area contributed by atoms with Gasteiger partial charge in [0.1, 0.15) is 18.1 Å². The second kappa shape index (κ2) is 9.26. The van der Waals surface area contributed by atoms with Gasteiger partial charge >= 0.3 is 0 Å². The number of aryl methyl sites for hydroxylation is 1. The molecule has 3 aromatic rings. The lowest BCUT2D eigenvalue weighted by atomic mass is 10.1. The Kier molecular flexibility index (Phi) is 6.08. The normalized spacial score (nSPS) is 13.0. The van der Waals surface area contributed by atoms with E-state index in [1.54, 1.807) is 31.5 Å². The fourth-order valence-corrected chi connectivity index (χ4v) is 3.45. The Labute approximate surface area is 180 Å². The molecule has 1 aliphatic carbocycles. The van der Waals surface area contributed by atoms with Gasteiger partial charge in [0, 0.05) is 24.4 Å². The van der Waals surface area contributed by atoms with Crippen molar-refractivity contribution in [2.45, 2.75) is 32.3 Å². The molecular weight excluding hydrogens is 392 g/mol. The van der Waals surface area contributed by atoms with Crippen LogP contribution >= 0.6 is 0 Å². The number of hydrogen-bond donors (Lipinski definition) is 1. The second-order valence-corrected chi connectivity index (χ2v) is 7.30. The molecule has 0 radical (unpaired) electrons. The third kappa shape index (κ3) is 4.98. The zero-order valence-electron chi connectivity index (χ0n) is 17.2. The summed E-state index contributed by atoms with van der Waals surface area (Å²) in [6.45, 7) is 0.357. The van der Waals surface area contributed by atoms with Gasteiger partial charge in [0.15, 0.2) is 5.78 Å². The van der Waals surface area contributed by atoms with E-state index in [2.05, 4.69) is 21.4 Å². The predicted molar refractivity (Wildman–Crippen MR) is 116 cm³/mol. The van der Waals surface area contributed by atoms with E-state index in [9.17, 15) is 10.1 Å². The van der Waals surface area contributed by atoms with Crippen LogP contribution < -0.4 is 14.8 Å². The number of aromatic nitrogens is 2. The molecule has 0 saturated heterocycles. The zero-order chi connectivity index (χ0) is 21.6. The number of Topliss-reactive ketones (excluding diaryl/α,β-unsaturated/α-hetero) is 1. The number of ketones is 1. The first-order chi connectivity index (χ1) is 15.1. The molecule has 1 aromatic heterocycles. The Morgan fingerprint density at radius 1 is 1.10 bits per heavy atom. The lowest BCUT2D eigenvalue weighted by Gasteiger charge is -2.12. The van der Waals surface area contributed by atoms with Gasteiger partial charge in [0.05, 0.1) is 30.0 Å². The number of rotatable bonds is 6. The summed E-state index contributed by atoms with van der Waals surface area (Å²) in [5, 5.41) is 12.5. The summed E-state index contributed by atoms with van der Waals surface area (Å²) < 4.78 is 11.1. The summed E-state index contributed by atoms with van der Waals surface area (Å²) in [5.74, 6) is 1.83. The fourth-order valence-electron chi connectivity index (χ4n) is 3.45. The summed E-state index contributed by atoms with van der Waals surface area (Å²) in [5.41, 5.74) is 3.46. The topological polar surface area (TPSA) is 97.1 Å². The van der Waals surface area contributed by atoms with Crippen LogP contribution in [-0.2, 0) is 13.0 Å². The molecule has 1 aliphatic rings. The van der Waals surface area contributed by atoms with Crippen LogP contribution in [0.15, 0.2) is 48.7 Å². The molecule has 31 heavy (non-hydrogen) atoms. The molecule has 7 heteroatoms. The van der Waals surface area contributed by atoms with Gasteiger partial charge in [-0.25, -0.2) is 9.97 Å². The van der Waals surface area contributed by atoms with Crippen LogP contribution in [0.1, 0.15) is 46.4 Å².